The third-order valence-corrected chi connectivity index (χ3v) is 3.04. The van der Waals surface area contributed by atoms with E-state index in [2.05, 4.69) is 25.8 Å². The summed E-state index contributed by atoms with van der Waals surface area (Å²) < 4.78 is 42.2. The van der Waals surface area contributed by atoms with Crippen molar-refractivity contribution in [2.45, 2.75) is 13.3 Å². The number of nitrogens with zero attached hydrogens (tertiary/aromatic N) is 2. The van der Waals surface area contributed by atoms with Crippen LogP contribution < -0.4 is 4.74 Å². The van der Waals surface area contributed by atoms with E-state index in [0.29, 0.717) is 5.69 Å². The fourth-order valence-electron chi connectivity index (χ4n) is 1.44. The van der Waals surface area contributed by atoms with Gasteiger partial charge in [0.1, 0.15) is 5.75 Å². The number of ether oxygens (including phenoxy) is 1. The zero-order chi connectivity index (χ0) is 13.3. The number of hydrogen-bond donors (Lipinski definition) is 0. The topological polar surface area (TPSA) is 27.1 Å². The summed E-state index contributed by atoms with van der Waals surface area (Å²) >= 11 is 3.31. The first-order valence-electron chi connectivity index (χ1n) is 4.93. The van der Waals surface area contributed by atoms with Gasteiger partial charge < -0.3 is 4.74 Å². The van der Waals surface area contributed by atoms with E-state index in [1.165, 1.54) is 24.3 Å². The molecule has 1 aromatic heterocycles. The average molecular weight is 321 g/mol. The molecule has 0 aliphatic carbocycles. The minimum atomic E-state index is -4.67. The van der Waals surface area contributed by atoms with Gasteiger partial charge in [-0.3, -0.25) is 0 Å². The zero-order valence-electron chi connectivity index (χ0n) is 9.20. The molecule has 0 saturated heterocycles. The molecule has 1 aromatic carbocycles. The summed E-state index contributed by atoms with van der Waals surface area (Å²) in [5, 5.41) is 4.10. The molecule has 18 heavy (non-hydrogen) atoms. The quantitative estimate of drug-likeness (QED) is 0.840. The van der Waals surface area contributed by atoms with E-state index in [1.807, 2.05) is 6.92 Å². The minimum Gasteiger partial charge on any atom is -0.406 e. The fourth-order valence-corrected chi connectivity index (χ4v) is 1.70. The molecule has 0 bridgehead atoms. The second-order valence-corrected chi connectivity index (χ2v) is 4.39. The van der Waals surface area contributed by atoms with Gasteiger partial charge in [0, 0.05) is 0 Å². The number of hydrogen-bond acceptors (Lipinski definition) is 2. The molecule has 0 fully saturated rings. The van der Waals surface area contributed by atoms with Crippen molar-refractivity contribution in [2.75, 3.05) is 0 Å². The number of alkyl halides is 3. The third-order valence-electron chi connectivity index (χ3n) is 2.26. The van der Waals surface area contributed by atoms with Crippen molar-refractivity contribution in [3.8, 4) is 11.4 Å². The Morgan fingerprint density at radius 2 is 1.83 bits per heavy atom. The van der Waals surface area contributed by atoms with Crippen LogP contribution in [0.15, 0.2) is 34.9 Å². The second-order valence-electron chi connectivity index (χ2n) is 3.53. The summed E-state index contributed by atoms with van der Waals surface area (Å²) in [6, 6.07) is 5.51. The Bertz CT molecular complexity index is 548. The third kappa shape index (κ3) is 2.84. The second kappa shape index (κ2) is 4.64. The van der Waals surface area contributed by atoms with Crippen LogP contribution in [0.5, 0.6) is 5.75 Å². The summed E-state index contributed by atoms with van der Waals surface area (Å²) in [5.41, 5.74) is 1.52. The van der Waals surface area contributed by atoms with Crippen molar-refractivity contribution < 1.29 is 17.9 Å². The molecule has 0 atom stereocenters. The standard InChI is InChI=1S/C11H8BrF3N2O/c1-7-10(12)6-16-17(7)8-2-4-9(5-3-8)18-11(13,14)15/h2-6H,1H3. The van der Waals surface area contributed by atoms with E-state index in [0.717, 1.165) is 10.2 Å². The molecule has 0 radical (unpaired) electrons. The zero-order valence-corrected chi connectivity index (χ0v) is 10.8. The van der Waals surface area contributed by atoms with Gasteiger partial charge in [-0.25, -0.2) is 4.68 Å². The highest BCUT2D eigenvalue weighted by Gasteiger charge is 2.30. The SMILES string of the molecule is Cc1c(Br)cnn1-c1ccc(OC(F)(F)F)cc1. The highest BCUT2D eigenvalue weighted by atomic mass is 79.9. The Balaban J connectivity index is 2.25. The van der Waals surface area contributed by atoms with Crippen molar-refractivity contribution in [1.29, 1.82) is 0 Å². The normalized spacial score (nSPS) is 11.6. The molecule has 0 aliphatic rings. The molecule has 0 N–H and O–H groups in total. The first-order valence-corrected chi connectivity index (χ1v) is 5.72. The molecule has 0 spiro atoms. The van der Waals surface area contributed by atoms with Crippen molar-refractivity contribution in [1.82, 2.24) is 9.78 Å². The van der Waals surface area contributed by atoms with Crippen molar-refractivity contribution in [3.63, 3.8) is 0 Å². The molecular weight excluding hydrogens is 313 g/mol. The maximum absolute atomic E-state index is 12.0. The molecule has 7 heteroatoms. The molecule has 2 aromatic rings. The molecule has 0 saturated carbocycles. The summed E-state index contributed by atoms with van der Waals surface area (Å²) in [7, 11) is 0. The van der Waals surface area contributed by atoms with Crippen LogP contribution in [0.1, 0.15) is 5.69 Å². The smallest absolute Gasteiger partial charge is 0.406 e. The van der Waals surface area contributed by atoms with E-state index in [4.69, 9.17) is 0 Å². The van der Waals surface area contributed by atoms with Crippen molar-refractivity contribution in [3.05, 3.63) is 40.6 Å². The summed E-state index contributed by atoms with van der Waals surface area (Å²) in [6.07, 6.45) is -3.05. The van der Waals surface area contributed by atoms with Gasteiger partial charge in [-0.05, 0) is 47.1 Å². The van der Waals surface area contributed by atoms with Crippen LogP contribution in [0.2, 0.25) is 0 Å². The van der Waals surface area contributed by atoms with Crippen LogP contribution in [0.4, 0.5) is 13.2 Å². The lowest BCUT2D eigenvalue weighted by atomic mass is 10.3. The molecule has 96 valence electrons. The monoisotopic (exact) mass is 320 g/mol. The predicted octanol–water partition coefficient (Wildman–Crippen LogP) is 3.84. The van der Waals surface area contributed by atoms with Crippen LogP contribution >= 0.6 is 15.9 Å². The van der Waals surface area contributed by atoms with E-state index in [1.54, 1.807) is 10.9 Å². The van der Waals surface area contributed by atoms with Gasteiger partial charge in [-0.2, -0.15) is 5.10 Å². The summed E-state index contributed by atoms with van der Waals surface area (Å²) in [6.45, 7) is 1.84. The summed E-state index contributed by atoms with van der Waals surface area (Å²) in [4.78, 5) is 0. The number of rotatable bonds is 2. The lowest BCUT2D eigenvalue weighted by Crippen LogP contribution is -2.17. The van der Waals surface area contributed by atoms with Crippen LogP contribution in [-0.4, -0.2) is 16.1 Å². The average Bonchev–Trinajstić information content (AvgIpc) is 2.59. The van der Waals surface area contributed by atoms with Crippen LogP contribution in [0, 0.1) is 6.92 Å². The summed E-state index contributed by atoms with van der Waals surface area (Å²) in [5.74, 6) is -0.255. The largest absolute Gasteiger partial charge is 0.573 e. The minimum absolute atomic E-state index is 0.255. The molecule has 2 rings (SSSR count). The molecule has 1 heterocycles. The molecule has 0 unspecified atom stereocenters. The number of benzene rings is 1. The van der Waals surface area contributed by atoms with Crippen LogP contribution in [0.25, 0.3) is 5.69 Å². The first-order chi connectivity index (χ1) is 8.37. The maximum Gasteiger partial charge on any atom is 0.573 e. The number of aromatic nitrogens is 2. The van der Waals surface area contributed by atoms with Crippen molar-refractivity contribution in [2.24, 2.45) is 0 Å². The Hall–Kier alpha value is -1.50. The lowest BCUT2D eigenvalue weighted by molar-refractivity contribution is -0.274. The number of halogens is 4. The molecule has 0 aliphatic heterocycles. The van der Waals surface area contributed by atoms with Gasteiger partial charge in [0.2, 0.25) is 0 Å². The van der Waals surface area contributed by atoms with E-state index < -0.39 is 6.36 Å². The van der Waals surface area contributed by atoms with Crippen LogP contribution in [0.3, 0.4) is 0 Å². The highest BCUT2D eigenvalue weighted by molar-refractivity contribution is 9.10. The predicted molar refractivity (Wildman–Crippen MR) is 62.7 cm³/mol. The van der Waals surface area contributed by atoms with E-state index >= 15 is 0 Å². The van der Waals surface area contributed by atoms with Gasteiger partial charge >= 0.3 is 6.36 Å². The van der Waals surface area contributed by atoms with Gasteiger partial charge in [0.15, 0.2) is 0 Å². The maximum atomic E-state index is 12.0. The first kappa shape index (κ1) is 12.9. The van der Waals surface area contributed by atoms with Gasteiger partial charge in [0.25, 0.3) is 0 Å². The molecule has 0 amide bonds. The van der Waals surface area contributed by atoms with E-state index in [9.17, 15) is 13.2 Å². The Labute approximate surface area is 109 Å². The van der Waals surface area contributed by atoms with Gasteiger partial charge in [0.05, 0.1) is 22.1 Å². The van der Waals surface area contributed by atoms with Crippen LogP contribution in [-0.2, 0) is 0 Å². The van der Waals surface area contributed by atoms with E-state index in [-0.39, 0.29) is 5.75 Å². The molecule has 3 nitrogen and oxygen atoms in total. The highest BCUT2D eigenvalue weighted by Crippen LogP contribution is 2.24. The Morgan fingerprint density at radius 3 is 2.28 bits per heavy atom. The lowest BCUT2D eigenvalue weighted by Gasteiger charge is -2.09. The Morgan fingerprint density at radius 1 is 1.22 bits per heavy atom. The van der Waals surface area contributed by atoms with Gasteiger partial charge in [-0.1, -0.05) is 0 Å². The fraction of sp³-hybridized carbons (Fsp3) is 0.182. The van der Waals surface area contributed by atoms with Crippen molar-refractivity contribution >= 4 is 15.9 Å². The Kier molecular flexibility index (Phi) is 3.34. The molecular formula is C11H8BrF3N2O. The van der Waals surface area contributed by atoms with Gasteiger partial charge in [-0.15, -0.1) is 13.2 Å².